The molecule has 0 aliphatic heterocycles. The van der Waals surface area contributed by atoms with Gasteiger partial charge in [-0.1, -0.05) is 19.9 Å². The van der Waals surface area contributed by atoms with E-state index in [2.05, 4.69) is 15.3 Å². The smallest absolute Gasteiger partial charge is 0.133 e. The summed E-state index contributed by atoms with van der Waals surface area (Å²) in [6.07, 6.45) is 0. The molecule has 20 heavy (non-hydrogen) atoms. The average molecular weight is 273 g/mol. The van der Waals surface area contributed by atoms with Crippen LogP contribution in [0.4, 0.5) is 10.2 Å². The maximum Gasteiger partial charge on any atom is 0.133 e. The van der Waals surface area contributed by atoms with Crippen molar-refractivity contribution in [3.8, 4) is 11.3 Å². The van der Waals surface area contributed by atoms with Gasteiger partial charge in [-0.05, 0) is 31.5 Å². The van der Waals surface area contributed by atoms with Gasteiger partial charge in [0.05, 0.1) is 5.69 Å². The highest BCUT2D eigenvalue weighted by molar-refractivity contribution is 5.70. The van der Waals surface area contributed by atoms with Crippen LogP contribution >= 0.6 is 0 Å². The second-order valence-electron chi connectivity index (χ2n) is 5.27. The maximum absolute atomic E-state index is 13.5. The van der Waals surface area contributed by atoms with E-state index in [0.29, 0.717) is 0 Å². The lowest BCUT2D eigenvalue weighted by atomic mass is 10.0. The van der Waals surface area contributed by atoms with E-state index in [1.165, 1.54) is 12.1 Å². The highest BCUT2D eigenvalue weighted by atomic mass is 19.1. The van der Waals surface area contributed by atoms with Crippen LogP contribution in [0.1, 0.15) is 36.7 Å². The molecule has 2 aromatic rings. The molecule has 0 atom stereocenters. The molecule has 0 spiro atoms. The van der Waals surface area contributed by atoms with Gasteiger partial charge in [0.15, 0.2) is 0 Å². The third kappa shape index (κ3) is 2.64. The average Bonchev–Trinajstić information content (AvgIpc) is 2.41. The van der Waals surface area contributed by atoms with Crippen LogP contribution in [0.3, 0.4) is 0 Å². The summed E-state index contributed by atoms with van der Waals surface area (Å²) in [5, 5.41) is 3.09. The topological polar surface area (TPSA) is 37.8 Å². The number of halogens is 1. The number of rotatable bonds is 3. The van der Waals surface area contributed by atoms with Crippen molar-refractivity contribution >= 4 is 5.82 Å². The molecule has 0 bridgehead atoms. The zero-order valence-electron chi connectivity index (χ0n) is 12.6. The third-order valence-corrected chi connectivity index (χ3v) is 3.37. The minimum absolute atomic E-state index is 0.218. The molecule has 0 amide bonds. The minimum atomic E-state index is -0.249. The minimum Gasteiger partial charge on any atom is -0.373 e. The molecule has 1 aromatic heterocycles. The lowest BCUT2D eigenvalue weighted by Crippen LogP contribution is -2.07. The van der Waals surface area contributed by atoms with Gasteiger partial charge in [-0.25, -0.2) is 14.4 Å². The van der Waals surface area contributed by atoms with Crippen LogP contribution in [0.25, 0.3) is 11.3 Å². The molecule has 4 heteroatoms. The Morgan fingerprint density at radius 3 is 2.45 bits per heavy atom. The number of hydrogen-bond donors (Lipinski definition) is 1. The first-order valence-corrected chi connectivity index (χ1v) is 6.76. The van der Waals surface area contributed by atoms with E-state index in [9.17, 15) is 4.39 Å². The van der Waals surface area contributed by atoms with Crippen LogP contribution in [-0.4, -0.2) is 17.0 Å². The molecule has 1 N–H and O–H groups in total. The summed E-state index contributed by atoms with van der Waals surface area (Å²) in [6, 6.07) is 4.78. The van der Waals surface area contributed by atoms with Crippen LogP contribution in [0.15, 0.2) is 18.2 Å². The molecule has 1 heterocycles. The molecule has 2 rings (SSSR count). The fraction of sp³-hybridized carbons (Fsp3) is 0.375. The zero-order valence-corrected chi connectivity index (χ0v) is 12.6. The van der Waals surface area contributed by atoms with E-state index in [4.69, 9.17) is 0 Å². The van der Waals surface area contributed by atoms with Crippen molar-refractivity contribution in [1.82, 2.24) is 9.97 Å². The highest BCUT2D eigenvalue weighted by Gasteiger charge is 2.15. The van der Waals surface area contributed by atoms with E-state index >= 15 is 0 Å². The van der Waals surface area contributed by atoms with Gasteiger partial charge in [0, 0.05) is 24.1 Å². The standard InChI is InChI=1S/C16H20FN3/c1-9(2)15-19-14(11(4)16(18-5)20-15)13-8-12(17)7-6-10(13)3/h6-9H,1-5H3,(H,18,19,20). The van der Waals surface area contributed by atoms with Crippen molar-refractivity contribution in [2.24, 2.45) is 0 Å². The number of nitrogens with one attached hydrogen (secondary N) is 1. The number of anilines is 1. The predicted octanol–water partition coefficient (Wildman–Crippen LogP) is 4.06. The molecule has 0 aliphatic rings. The summed E-state index contributed by atoms with van der Waals surface area (Å²) >= 11 is 0. The molecule has 106 valence electrons. The predicted molar refractivity (Wildman–Crippen MR) is 80.5 cm³/mol. The fourth-order valence-electron chi connectivity index (χ4n) is 2.15. The SMILES string of the molecule is CNc1nc(C(C)C)nc(-c2cc(F)ccc2C)c1C. The molecule has 3 nitrogen and oxygen atoms in total. The molecule has 0 aliphatic carbocycles. The first-order valence-electron chi connectivity index (χ1n) is 6.76. The first-order chi connectivity index (χ1) is 9.43. The third-order valence-electron chi connectivity index (χ3n) is 3.37. The summed E-state index contributed by atoms with van der Waals surface area (Å²) < 4.78 is 13.5. The van der Waals surface area contributed by atoms with Crippen LogP contribution in [0.2, 0.25) is 0 Å². The molecule has 0 unspecified atom stereocenters. The second-order valence-corrected chi connectivity index (χ2v) is 5.27. The van der Waals surface area contributed by atoms with Gasteiger partial charge in [0.1, 0.15) is 17.5 Å². The Morgan fingerprint density at radius 2 is 1.85 bits per heavy atom. The van der Waals surface area contributed by atoms with Crippen molar-refractivity contribution in [3.05, 3.63) is 41.0 Å². The van der Waals surface area contributed by atoms with Crippen molar-refractivity contribution in [1.29, 1.82) is 0 Å². The number of hydrogen-bond acceptors (Lipinski definition) is 3. The largest absolute Gasteiger partial charge is 0.373 e. The monoisotopic (exact) mass is 273 g/mol. The quantitative estimate of drug-likeness (QED) is 0.916. The number of aromatic nitrogens is 2. The van der Waals surface area contributed by atoms with Crippen LogP contribution in [0.5, 0.6) is 0 Å². The summed E-state index contributed by atoms with van der Waals surface area (Å²) in [6.45, 7) is 8.01. The zero-order chi connectivity index (χ0) is 14.9. The fourth-order valence-corrected chi connectivity index (χ4v) is 2.15. The molecule has 0 saturated carbocycles. The molecule has 1 aromatic carbocycles. The highest BCUT2D eigenvalue weighted by Crippen LogP contribution is 2.30. The summed E-state index contributed by atoms with van der Waals surface area (Å²) in [4.78, 5) is 9.15. The molecular weight excluding hydrogens is 253 g/mol. The van der Waals surface area contributed by atoms with Gasteiger partial charge in [-0.15, -0.1) is 0 Å². The lowest BCUT2D eigenvalue weighted by molar-refractivity contribution is 0.628. The summed E-state index contributed by atoms with van der Waals surface area (Å²) in [5.74, 6) is 1.53. The Balaban J connectivity index is 2.72. The van der Waals surface area contributed by atoms with Gasteiger partial charge < -0.3 is 5.32 Å². The van der Waals surface area contributed by atoms with Crippen LogP contribution < -0.4 is 5.32 Å². The molecule has 0 fully saturated rings. The Bertz CT molecular complexity index is 636. The Morgan fingerprint density at radius 1 is 1.15 bits per heavy atom. The van der Waals surface area contributed by atoms with E-state index < -0.39 is 0 Å². The first kappa shape index (κ1) is 14.4. The lowest BCUT2D eigenvalue weighted by Gasteiger charge is -2.15. The molecule has 0 radical (unpaired) electrons. The van der Waals surface area contributed by atoms with Gasteiger partial charge in [0.2, 0.25) is 0 Å². The molecule has 0 saturated heterocycles. The van der Waals surface area contributed by atoms with E-state index in [1.807, 2.05) is 34.7 Å². The van der Waals surface area contributed by atoms with Gasteiger partial charge in [-0.2, -0.15) is 0 Å². The van der Waals surface area contributed by atoms with Gasteiger partial charge >= 0.3 is 0 Å². The van der Waals surface area contributed by atoms with Crippen LogP contribution in [0, 0.1) is 19.7 Å². The van der Waals surface area contributed by atoms with E-state index in [0.717, 1.165) is 34.0 Å². The van der Waals surface area contributed by atoms with E-state index in [-0.39, 0.29) is 11.7 Å². The summed E-state index contributed by atoms with van der Waals surface area (Å²) in [7, 11) is 1.83. The molecular formula is C16H20FN3. The van der Waals surface area contributed by atoms with Crippen molar-refractivity contribution in [2.75, 3.05) is 12.4 Å². The second kappa shape index (κ2) is 5.57. The maximum atomic E-state index is 13.5. The summed E-state index contributed by atoms with van der Waals surface area (Å²) in [5.41, 5.74) is 3.56. The Labute approximate surface area is 119 Å². The Kier molecular flexibility index (Phi) is 4.02. The van der Waals surface area contributed by atoms with Crippen molar-refractivity contribution in [3.63, 3.8) is 0 Å². The van der Waals surface area contributed by atoms with Gasteiger partial charge in [0.25, 0.3) is 0 Å². The van der Waals surface area contributed by atoms with Gasteiger partial charge in [-0.3, -0.25) is 0 Å². The number of benzene rings is 1. The van der Waals surface area contributed by atoms with Crippen LogP contribution in [-0.2, 0) is 0 Å². The normalized spacial score (nSPS) is 10.9. The Hall–Kier alpha value is -1.97. The van der Waals surface area contributed by atoms with Crippen molar-refractivity contribution < 1.29 is 4.39 Å². The number of aryl methyl sites for hydroxylation is 1. The van der Waals surface area contributed by atoms with Crippen molar-refractivity contribution in [2.45, 2.75) is 33.6 Å². The van der Waals surface area contributed by atoms with E-state index in [1.54, 1.807) is 6.07 Å². The number of nitrogens with zero attached hydrogens (tertiary/aromatic N) is 2.